The zero-order valence-corrected chi connectivity index (χ0v) is 13.8. The highest BCUT2D eigenvalue weighted by molar-refractivity contribution is 6.30. The van der Waals surface area contributed by atoms with Gasteiger partial charge in [-0.15, -0.1) is 6.42 Å². The Morgan fingerprint density at radius 1 is 1.35 bits per heavy atom. The fraction of sp³-hybridized carbons (Fsp3) is 0.412. The van der Waals surface area contributed by atoms with Crippen molar-refractivity contribution >= 4 is 23.4 Å². The van der Waals surface area contributed by atoms with E-state index in [1.54, 1.807) is 29.2 Å². The van der Waals surface area contributed by atoms with E-state index in [2.05, 4.69) is 11.2 Å². The molecule has 1 N–H and O–H groups in total. The fourth-order valence-corrected chi connectivity index (χ4v) is 2.76. The van der Waals surface area contributed by atoms with Crippen LogP contribution in [-0.2, 0) is 4.79 Å². The number of carbonyl (C=O) groups is 2. The van der Waals surface area contributed by atoms with Gasteiger partial charge in [-0.3, -0.25) is 14.5 Å². The van der Waals surface area contributed by atoms with Crippen LogP contribution in [0.15, 0.2) is 24.3 Å². The second-order valence-corrected chi connectivity index (χ2v) is 5.87. The highest BCUT2D eigenvalue weighted by Gasteiger charge is 2.27. The van der Waals surface area contributed by atoms with E-state index in [0.717, 1.165) is 0 Å². The number of hydrogen-bond donors (Lipinski definition) is 1. The average molecular weight is 334 g/mol. The molecular weight excluding hydrogens is 314 g/mol. The van der Waals surface area contributed by atoms with Crippen molar-refractivity contribution in [2.45, 2.75) is 13.0 Å². The Labute approximate surface area is 141 Å². The molecule has 1 aromatic rings. The molecule has 0 spiro atoms. The summed E-state index contributed by atoms with van der Waals surface area (Å²) in [5.74, 6) is 2.27. The summed E-state index contributed by atoms with van der Waals surface area (Å²) in [6, 6.07) is 6.69. The van der Waals surface area contributed by atoms with Gasteiger partial charge in [0.25, 0.3) is 5.91 Å². The Hall–Kier alpha value is -2.03. The van der Waals surface area contributed by atoms with E-state index in [0.29, 0.717) is 36.8 Å². The quantitative estimate of drug-likeness (QED) is 0.843. The van der Waals surface area contributed by atoms with Crippen LogP contribution in [0, 0.1) is 12.3 Å². The SMILES string of the molecule is C#CCNC(=O)C(C)N1CCN(C(=O)c2cccc(Cl)c2)CC1. The summed E-state index contributed by atoms with van der Waals surface area (Å²) in [5.41, 5.74) is 0.589. The molecule has 2 amide bonds. The Morgan fingerprint density at radius 3 is 2.65 bits per heavy atom. The Bertz CT molecular complexity index is 619. The lowest BCUT2D eigenvalue weighted by molar-refractivity contribution is -0.126. The smallest absolute Gasteiger partial charge is 0.253 e. The number of halogens is 1. The predicted octanol–water partition coefficient (Wildman–Crippen LogP) is 1.24. The second-order valence-electron chi connectivity index (χ2n) is 5.44. The summed E-state index contributed by atoms with van der Waals surface area (Å²) < 4.78 is 0. The summed E-state index contributed by atoms with van der Waals surface area (Å²) in [7, 11) is 0. The molecule has 1 saturated heterocycles. The van der Waals surface area contributed by atoms with Gasteiger partial charge in [0.1, 0.15) is 0 Å². The first-order valence-electron chi connectivity index (χ1n) is 7.53. The summed E-state index contributed by atoms with van der Waals surface area (Å²) in [5, 5.41) is 3.23. The van der Waals surface area contributed by atoms with Crippen molar-refractivity contribution in [1.29, 1.82) is 0 Å². The molecule has 1 heterocycles. The molecule has 0 aromatic heterocycles. The van der Waals surface area contributed by atoms with E-state index in [1.807, 2.05) is 11.8 Å². The van der Waals surface area contributed by atoms with Gasteiger partial charge in [0.2, 0.25) is 5.91 Å². The molecule has 1 unspecified atom stereocenters. The fourth-order valence-electron chi connectivity index (χ4n) is 2.57. The third kappa shape index (κ3) is 4.47. The van der Waals surface area contributed by atoms with Gasteiger partial charge >= 0.3 is 0 Å². The van der Waals surface area contributed by atoms with Gasteiger partial charge in [0, 0.05) is 36.8 Å². The van der Waals surface area contributed by atoms with E-state index in [4.69, 9.17) is 18.0 Å². The lowest BCUT2D eigenvalue weighted by Gasteiger charge is -2.37. The molecule has 0 radical (unpaired) electrons. The number of nitrogens with zero attached hydrogens (tertiary/aromatic N) is 2. The number of piperazine rings is 1. The van der Waals surface area contributed by atoms with Crippen LogP contribution in [-0.4, -0.2) is 60.4 Å². The number of amides is 2. The van der Waals surface area contributed by atoms with Crippen LogP contribution in [0.2, 0.25) is 5.02 Å². The molecule has 0 bridgehead atoms. The van der Waals surface area contributed by atoms with Gasteiger partial charge in [-0.1, -0.05) is 23.6 Å². The minimum Gasteiger partial charge on any atom is -0.344 e. The highest BCUT2D eigenvalue weighted by Crippen LogP contribution is 2.15. The number of hydrogen-bond acceptors (Lipinski definition) is 3. The zero-order chi connectivity index (χ0) is 16.8. The number of benzene rings is 1. The summed E-state index contributed by atoms with van der Waals surface area (Å²) in [4.78, 5) is 28.2. The van der Waals surface area contributed by atoms with Gasteiger partial charge in [0.05, 0.1) is 12.6 Å². The van der Waals surface area contributed by atoms with Crippen molar-refractivity contribution in [3.8, 4) is 12.3 Å². The first kappa shape index (κ1) is 17.3. The molecular formula is C17H20ClN3O2. The minimum atomic E-state index is -0.258. The van der Waals surface area contributed by atoms with Crippen molar-refractivity contribution in [2.75, 3.05) is 32.7 Å². The molecule has 5 nitrogen and oxygen atoms in total. The topological polar surface area (TPSA) is 52.7 Å². The predicted molar refractivity (Wildman–Crippen MR) is 90.2 cm³/mol. The number of terminal acetylenes is 1. The van der Waals surface area contributed by atoms with Crippen molar-refractivity contribution < 1.29 is 9.59 Å². The molecule has 1 fully saturated rings. The van der Waals surface area contributed by atoms with Gasteiger partial charge < -0.3 is 10.2 Å². The maximum absolute atomic E-state index is 12.5. The minimum absolute atomic E-state index is 0.0309. The van der Waals surface area contributed by atoms with Gasteiger partial charge in [-0.2, -0.15) is 0 Å². The molecule has 6 heteroatoms. The Kier molecular flexibility index (Phi) is 6.03. The standard InChI is InChI=1S/C17H20ClN3O2/c1-3-7-19-16(22)13(2)20-8-10-21(11-9-20)17(23)14-5-4-6-15(18)12-14/h1,4-6,12-13H,7-11H2,2H3,(H,19,22). The molecule has 23 heavy (non-hydrogen) atoms. The monoisotopic (exact) mass is 333 g/mol. The van der Waals surface area contributed by atoms with Gasteiger partial charge in [-0.25, -0.2) is 0 Å². The van der Waals surface area contributed by atoms with Crippen LogP contribution in [0.3, 0.4) is 0 Å². The lowest BCUT2D eigenvalue weighted by Crippen LogP contribution is -2.55. The van der Waals surface area contributed by atoms with Gasteiger partial charge in [-0.05, 0) is 25.1 Å². The number of carbonyl (C=O) groups excluding carboxylic acids is 2. The third-order valence-corrected chi connectivity index (χ3v) is 4.20. The van der Waals surface area contributed by atoms with E-state index >= 15 is 0 Å². The van der Waals surface area contributed by atoms with E-state index in [1.165, 1.54) is 0 Å². The van der Waals surface area contributed by atoms with Crippen LogP contribution < -0.4 is 5.32 Å². The van der Waals surface area contributed by atoms with E-state index < -0.39 is 0 Å². The summed E-state index contributed by atoms with van der Waals surface area (Å²) in [6.07, 6.45) is 5.14. The largest absolute Gasteiger partial charge is 0.344 e. The van der Waals surface area contributed by atoms with Crippen molar-refractivity contribution in [1.82, 2.24) is 15.1 Å². The van der Waals surface area contributed by atoms with Gasteiger partial charge in [0.15, 0.2) is 0 Å². The molecule has 0 aliphatic carbocycles. The molecule has 1 atom stereocenters. The third-order valence-electron chi connectivity index (χ3n) is 3.96. The van der Waals surface area contributed by atoms with Crippen LogP contribution >= 0.6 is 11.6 Å². The van der Waals surface area contributed by atoms with Crippen LogP contribution in [0.5, 0.6) is 0 Å². The normalized spacial score (nSPS) is 16.5. The van der Waals surface area contributed by atoms with E-state index in [-0.39, 0.29) is 24.4 Å². The molecule has 122 valence electrons. The van der Waals surface area contributed by atoms with E-state index in [9.17, 15) is 9.59 Å². The maximum Gasteiger partial charge on any atom is 0.253 e. The first-order chi connectivity index (χ1) is 11.0. The Morgan fingerprint density at radius 2 is 2.04 bits per heavy atom. The van der Waals surface area contributed by atoms with Crippen molar-refractivity contribution in [3.05, 3.63) is 34.9 Å². The van der Waals surface area contributed by atoms with Crippen LogP contribution in [0.4, 0.5) is 0 Å². The molecule has 1 aliphatic rings. The first-order valence-corrected chi connectivity index (χ1v) is 7.91. The zero-order valence-electron chi connectivity index (χ0n) is 13.1. The summed E-state index contributed by atoms with van der Waals surface area (Å²) in [6.45, 7) is 4.54. The lowest BCUT2D eigenvalue weighted by atomic mass is 10.1. The van der Waals surface area contributed by atoms with Crippen molar-refractivity contribution in [2.24, 2.45) is 0 Å². The maximum atomic E-state index is 12.5. The Balaban J connectivity index is 1.89. The number of nitrogens with one attached hydrogen (secondary N) is 1. The average Bonchev–Trinajstić information content (AvgIpc) is 2.58. The highest BCUT2D eigenvalue weighted by atomic mass is 35.5. The number of rotatable bonds is 4. The van der Waals surface area contributed by atoms with Crippen molar-refractivity contribution in [3.63, 3.8) is 0 Å². The van der Waals surface area contributed by atoms with Crippen LogP contribution in [0.1, 0.15) is 17.3 Å². The molecule has 0 saturated carbocycles. The summed E-state index contributed by atoms with van der Waals surface area (Å²) >= 11 is 5.93. The second kappa shape index (κ2) is 8.00. The molecule has 1 aromatic carbocycles. The molecule has 1 aliphatic heterocycles. The van der Waals surface area contributed by atoms with Crippen LogP contribution in [0.25, 0.3) is 0 Å². The molecule has 2 rings (SSSR count).